The van der Waals surface area contributed by atoms with Crippen molar-refractivity contribution in [2.75, 3.05) is 6.61 Å². The molecule has 5 heteroatoms. The zero-order valence-electron chi connectivity index (χ0n) is 17.1. The van der Waals surface area contributed by atoms with Crippen LogP contribution in [-0.4, -0.2) is 35.4 Å². The van der Waals surface area contributed by atoms with Crippen LogP contribution in [0.4, 0.5) is 0 Å². The van der Waals surface area contributed by atoms with Gasteiger partial charge in [-0.2, -0.15) is 0 Å². The smallest absolute Gasteiger partial charge is 0.261 e. The summed E-state index contributed by atoms with van der Waals surface area (Å²) in [6.45, 7) is 4.58. The molecule has 4 rings (SSSR count). The molecule has 2 saturated carbocycles. The van der Waals surface area contributed by atoms with Gasteiger partial charge < -0.3 is 15.0 Å². The van der Waals surface area contributed by atoms with E-state index < -0.39 is 0 Å². The van der Waals surface area contributed by atoms with Gasteiger partial charge in [-0.3, -0.25) is 9.59 Å². The molecule has 0 heterocycles. The van der Waals surface area contributed by atoms with E-state index in [1.807, 2.05) is 61.2 Å². The molecule has 2 amide bonds. The predicted octanol–water partition coefficient (Wildman–Crippen LogP) is 3.77. The Labute approximate surface area is 172 Å². The molecular formula is C24H28N2O3. The fraction of sp³-hybridized carbons (Fsp3) is 0.417. The number of nitrogens with zero attached hydrogens (tertiary/aromatic N) is 1. The van der Waals surface area contributed by atoms with E-state index in [2.05, 4.69) is 5.32 Å². The molecule has 2 aliphatic carbocycles. The van der Waals surface area contributed by atoms with Crippen LogP contribution in [0.15, 0.2) is 42.5 Å². The maximum atomic E-state index is 12.9. The summed E-state index contributed by atoms with van der Waals surface area (Å²) in [6.07, 6.45) is 4.23. The SMILES string of the molecule is Cc1cccc(C)c1OCC(=O)N(Cc1ccc(C(=O)NC2CC2)cc1)C1CC1. The molecular weight excluding hydrogens is 364 g/mol. The normalized spacial score (nSPS) is 15.7. The maximum absolute atomic E-state index is 12.9. The van der Waals surface area contributed by atoms with Crippen LogP contribution < -0.4 is 10.1 Å². The van der Waals surface area contributed by atoms with Crippen LogP contribution >= 0.6 is 0 Å². The number of carbonyl (C=O) groups is 2. The molecule has 5 nitrogen and oxygen atoms in total. The standard InChI is InChI=1S/C24H28N2O3/c1-16-4-3-5-17(2)23(16)29-15-22(27)26(21-12-13-21)14-18-6-8-19(9-7-18)24(28)25-20-10-11-20/h3-9,20-21H,10-15H2,1-2H3,(H,25,28). The minimum atomic E-state index is -0.0174. The van der Waals surface area contributed by atoms with Crippen LogP contribution in [0, 0.1) is 13.8 Å². The van der Waals surface area contributed by atoms with E-state index in [-0.39, 0.29) is 18.4 Å². The summed E-state index contributed by atoms with van der Waals surface area (Å²) < 4.78 is 5.88. The van der Waals surface area contributed by atoms with Gasteiger partial charge in [0.15, 0.2) is 6.61 Å². The van der Waals surface area contributed by atoms with E-state index in [0.717, 1.165) is 48.1 Å². The number of hydrogen-bond donors (Lipinski definition) is 1. The van der Waals surface area contributed by atoms with Gasteiger partial charge in [-0.1, -0.05) is 30.3 Å². The third kappa shape index (κ3) is 4.97. The van der Waals surface area contributed by atoms with Gasteiger partial charge in [0.25, 0.3) is 11.8 Å². The third-order valence-corrected chi connectivity index (χ3v) is 5.54. The molecule has 1 N–H and O–H groups in total. The maximum Gasteiger partial charge on any atom is 0.261 e. The highest BCUT2D eigenvalue weighted by atomic mass is 16.5. The average molecular weight is 392 g/mol. The lowest BCUT2D eigenvalue weighted by atomic mass is 10.1. The summed E-state index contributed by atoms with van der Waals surface area (Å²) in [5.74, 6) is 0.782. The third-order valence-electron chi connectivity index (χ3n) is 5.54. The number of rotatable bonds is 8. The quantitative estimate of drug-likeness (QED) is 0.744. The van der Waals surface area contributed by atoms with Crippen molar-refractivity contribution < 1.29 is 14.3 Å². The highest BCUT2D eigenvalue weighted by molar-refractivity contribution is 5.94. The van der Waals surface area contributed by atoms with Crippen LogP contribution in [0.5, 0.6) is 5.75 Å². The molecule has 2 fully saturated rings. The first kappa shape index (κ1) is 19.5. The Balaban J connectivity index is 1.37. The molecule has 0 aliphatic heterocycles. The highest BCUT2D eigenvalue weighted by Crippen LogP contribution is 2.29. The lowest BCUT2D eigenvalue weighted by Crippen LogP contribution is -2.36. The summed E-state index contributed by atoms with van der Waals surface area (Å²) in [4.78, 5) is 26.9. The second-order valence-corrected chi connectivity index (χ2v) is 8.21. The number of hydrogen-bond acceptors (Lipinski definition) is 3. The highest BCUT2D eigenvalue weighted by Gasteiger charge is 2.33. The zero-order chi connectivity index (χ0) is 20.4. The molecule has 0 spiro atoms. The lowest BCUT2D eigenvalue weighted by Gasteiger charge is -2.23. The molecule has 2 aromatic rings. The number of para-hydroxylation sites is 1. The van der Waals surface area contributed by atoms with Gasteiger partial charge in [0.05, 0.1) is 0 Å². The molecule has 2 aliphatic rings. The predicted molar refractivity (Wildman–Crippen MR) is 112 cm³/mol. The summed E-state index contributed by atoms with van der Waals surface area (Å²) in [6, 6.07) is 14.2. The van der Waals surface area contributed by atoms with Gasteiger partial charge in [-0.25, -0.2) is 0 Å². The van der Waals surface area contributed by atoms with Gasteiger partial charge in [-0.05, 0) is 68.4 Å². The first-order valence-electron chi connectivity index (χ1n) is 10.4. The first-order chi connectivity index (χ1) is 14.0. The molecule has 29 heavy (non-hydrogen) atoms. The van der Waals surface area contributed by atoms with E-state index in [0.29, 0.717) is 24.2 Å². The molecule has 0 aromatic heterocycles. The Morgan fingerprint density at radius 2 is 1.66 bits per heavy atom. The average Bonchev–Trinajstić information content (AvgIpc) is 3.61. The van der Waals surface area contributed by atoms with Crippen molar-refractivity contribution in [1.29, 1.82) is 0 Å². The largest absolute Gasteiger partial charge is 0.483 e. The van der Waals surface area contributed by atoms with Gasteiger partial charge in [0.2, 0.25) is 0 Å². The fourth-order valence-corrected chi connectivity index (χ4v) is 3.51. The van der Waals surface area contributed by atoms with Crippen LogP contribution in [0.2, 0.25) is 0 Å². The first-order valence-corrected chi connectivity index (χ1v) is 10.4. The summed E-state index contributed by atoms with van der Waals surface area (Å²) >= 11 is 0. The molecule has 152 valence electrons. The van der Waals surface area contributed by atoms with Crippen molar-refractivity contribution in [3.8, 4) is 5.75 Å². The minimum Gasteiger partial charge on any atom is -0.483 e. The second-order valence-electron chi connectivity index (χ2n) is 8.21. The van der Waals surface area contributed by atoms with Crippen molar-refractivity contribution >= 4 is 11.8 Å². The van der Waals surface area contributed by atoms with Crippen LogP contribution in [-0.2, 0) is 11.3 Å². The van der Waals surface area contributed by atoms with E-state index in [1.165, 1.54) is 0 Å². The molecule has 2 aromatic carbocycles. The van der Waals surface area contributed by atoms with Crippen molar-refractivity contribution in [2.24, 2.45) is 0 Å². The van der Waals surface area contributed by atoms with Crippen molar-refractivity contribution in [1.82, 2.24) is 10.2 Å². The van der Waals surface area contributed by atoms with Crippen molar-refractivity contribution in [3.63, 3.8) is 0 Å². The van der Waals surface area contributed by atoms with Crippen LogP contribution in [0.1, 0.15) is 52.7 Å². The summed E-state index contributed by atoms with van der Waals surface area (Å²) in [5.41, 5.74) is 3.77. The number of carbonyl (C=O) groups excluding carboxylic acids is 2. The second kappa shape index (κ2) is 8.27. The Morgan fingerprint density at radius 3 is 2.24 bits per heavy atom. The van der Waals surface area contributed by atoms with E-state index in [9.17, 15) is 9.59 Å². The molecule has 0 bridgehead atoms. The van der Waals surface area contributed by atoms with Gasteiger partial charge in [-0.15, -0.1) is 0 Å². The summed E-state index contributed by atoms with van der Waals surface area (Å²) in [7, 11) is 0. The lowest BCUT2D eigenvalue weighted by molar-refractivity contribution is -0.134. The van der Waals surface area contributed by atoms with Gasteiger partial charge >= 0.3 is 0 Å². The Hall–Kier alpha value is -2.82. The van der Waals surface area contributed by atoms with Crippen LogP contribution in [0.25, 0.3) is 0 Å². The fourth-order valence-electron chi connectivity index (χ4n) is 3.51. The Kier molecular flexibility index (Phi) is 5.56. The van der Waals surface area contributed by atoms with Crippen LogP contribution in [0.3, 0.4) is 0 Å². The van der Waals surface area contributed by atoms with E-state index in [4.69, 9.17) is 4.74 Å². The van der Waals surface area contributed by atoms with Gasteiger partial charge in [0.1, 0.15) is 5.75 Å². The van der Waals surface area contributed by atoms with Crippen molar-refractivity contribution in [2.45, 2.75) is 58.2 Å². The number of ether oxygens (including phenoxy) is 1. The number of aryl methyl sites for hydroxylation is 2. The number of amides is 2. The monoisotopic (exact) mass is 392 g/mol. The summed E-state index contributed by atoms with van der Waals surface area (Å²) in [5, 5.41) is 3.00. The molecule has 0 radical (unpaired) electrons. The molecule has 0 atom stereocenters. The zero-order valence-corrected chi connectivity index (χ0v) is 17.1. The Bertz CT molecular complexity index is 879. The van der Waals surface area contributed by atoms with E-state index >= 15 is 0 Å². The van der Waals surface area contributed by atoms with Crippen molar-refractivity contribution in [3.05, 3.63) is 64.7 Å². The number of nitrogens with one attached hydrogen (secondary N) is 1. The molecule has 0 unspecified atom stereocenters. The van der Waals surface area contributed by atoms with E-state index in [1.54, 1.807) is 0 Å². The van der Waals surface area contributed by atoms with Gasteiger partial charge in [0, 0.05) is 24.2 Å². The minimum absolute atomic E-state index is 0.00528. The Morgan fingerprint density at radius 1 is 1.00 bits per heavy atom. The molecule has 0 saturated heterocycles. The number of benzene rings is 2. The topological polar surface area (TPSA) is 58.6 Å².